The van der Waals surface area contributed by atoms with E-state index in [0.29, 0.717) is 42.7 Å². The van der Waals surface area contributed by atoms with Gasteiger partial charge in [-0.05, 0) is 49.6 Å². The highest BCUT2D eigenvalue weighted by molar-refractivity contribution is 6.31. The van der Waals surface area contributed by atoms with Crippen LogP contribution in [0, 0.1) is 23.0 Å². The van der Waals surface area contributed by atoms with Crippen LogP contribution >= 0.6 is 11.6 Å². The number of nitro groups is 1. The van der Waals surface area contributed by atoms with Crippen LogP contribution in [0.2, 0.25) is 5.02 Å². The van der Waals surface area contributed by atoms with Crippen LogP contribution in [-0.2, 0) is 11.0 Å². The van der Waals surface area contributed by atoms with Gasteiger partial charge in [0.15, 0.2) is 0 Å². The van der Waals surface area contributed by atoms with E-state index in [0.717, 1.165) is 17.7 Å². The Labute approximate surface area is 175 Å². The highest BCUT2D eigenvalue weighted by Gasteiger charge is 2.35. The molecule has 6 nitrogen and oxygen atoms in total. The van der Waals surface area contributed by atoms with Crippen LogP contribution in [0.15, 0.2) is 36.4 Å². The number of piperidine rings is 1. The van der Waals surface area contributed by atoms with Gasteiger partial charge in [0.05, 0.1) is 10.5 Å². The molecule has 1 heterocycles. The summed E-state index contributed by atoms with van der Waals surface area (Å²) in [5, 5.41) is 14.7. The summed E-state index contributed by atoms with van der Waals surface area (Å²) >= 11 is 6.07. The summed E-state index contributed by atoms with van der Waals surface area (Å²) < 4.78 is 38.7. The molecule has 0 spiro atoms. The largest absolute Gasteiger partial charge is 0.416 e. The van der Waals surface area contributed by atoms with Gasteiger partial charge in [-0.15, -0.1) is 0 Å². The van der Waals surface area contributed by atoms with Crippen molar-refractivity contribution >= 4 is 34.6 Å². The van der Waals surface area contributed by atoms with E-state index in [1.54, 1.807) is 30.0 Å². The Morgan fingerprint density at radius 1 is 1.23 bits per heavy atom. The van der Waals surface area contributed by atoms with Crippen molar-refractivity contribution in [3.63, 3.8) is 0 Å². The van der Waals surface area contributed by atoms with Gasteiger partial charge in [0.2, 0.25) is 5.91 Å². The number of nitrogens with one attached hydrogen (secondary N) is 1. The molecule has 0 atom stereocenters. The van der Waals surface area contributed by atoms with Crippen LogP contribution in [0.1, 0.15) is 24.0 Å². The maximum Gasteiger partial charge on any atom is 0.416 e. The SMILES string of the molecule is Cc1c(Cl)cccc1NC(=O)C1CCN(c2ccc(C(F)(F)F)cc2[N+](=O)[O-])CC1. The van der Waals surface area contributed by atoms with Crippen molar-refractivity contribution in [2.75, 3.05) is 23.3 Å². The average Bonchev–Trinajstić information content (AvgIpc) is 2.70. The lowest BCUT2D eigenvalue weighted by molar-refractivity contribution is -0.384. The van der Waals surface area contributed by atoms with E-state index < -0.39 is 22.4 Å². The number of carbonyl (C=O) groups excluding carboxylic acids is 1. The molecule has 3 rings (SSSR count). The van der Waals surface area contributed by atoms with E-state index in [1.165, 1.54) is 0 Å². The predicted octanol–water partition coefficient (Wildman–Crippen LogP) is 5.43. The molecule has 1 aliphatic heterocycles. The molecule has 30 heavy (non-hydrogen) atoms. The van der Waals surface area contributed by atoms with Gasteiger partial charge in [-0.2, -0.15) is 13.2 Å². The molecule has 0 unspecified atom stereocenters. The van der Waals surface area contributed by atoms with Gasteiger partial charge >= 0.3 is 6.18 Å². The van der Waals surface area contributed by atoms with Gasteiger partial charge in [0, 0.05) is 35.8 Å². The van der Waals surface area contributed by atoms with E-state index >= 15 is 0 Å². The van der Waals surface area contributed by atoms with E-state index in [9.17, 15) is 28.1 Å². The standard InChI is InChI=1S/C20H19ClF3N3O3/c1-12-15(21)3-2-4-16(12)25-19(28)13-7-9-26(10-8-13)17-6-5-14(20(22,23)24)11-18(17)27(29)30/h2-6,11,13H,7-10H2,1H3,(H,25,28). The zero-order valence-corrected chi connectivity index (χ0v) is 16.8. The molecular weight excluding hydrogens is 423 g/mol. The number of nitro benzene ring substituents is 1. The molecule has 1 amide bonds. The van der Waals surface area contributed by atoms with E-state index in [-0.39, 0.29) is 17.5 Å². The Balaban J connectivity index is 1.70. The van der Waals surface area contributed by atoms with E-state index in [4.69, 9.17) is 11.6 Å². The minimum Gasteiger partial charge on any atom is -0.366 e. The molecule has 10 heteroatoms. The number of hydrogen-bond donors (Lipinski definition) is 1. The number of rotatable bonds is 4. The number of halogens is 4. The Kier molecular flexibility index (Phi) is 6.21. The second-order valence-corrected chi connectivity index (χ2v) is 7.53. The summed E-state index contributed by atoms with van der Waals surface area (Å²) in [6.45, 7) is 2.43. The zero-order chi connectivity index (χ0) is 22.1. The first-order valence-corrected chi connectivity index (χ1v) is 9.62. The van der Waals surface area contributed by atoms with Crippen LogP contribution in [-0.4, -0.2) is 23.9 Å². The van der Waals surface area contributed by atoms with Crippen molar-refractivity contribution in [2.24, 2.45) is 5.92 Å². The molecule has 2 aromatic rings. The molecule has 1 aliphatic rings. The Morgan fingerprint density at radius 2 is 1.90 bits per heavy atom. The van der Waals surface area contributed by atoms with E-state index in [1.807, 2.05) is 0 Å². The fraction of sp³-hybridized carbons (Fsp3) is 0.350. The molecule has 1 N–H and O–H groups in total. The van der Waals surface area contributed by atoms with Crippen molar-refractivity contribution in [1.82, 2.24) is 0 Å². The first-order valence-electron chi connectivity index (χ1n) is 9.24. The van der Waals surface area contributed by atoms with Crippen molar-refractivity contribution in [2.45, 2.75) is 25.9 Å². The molecule has 0 aromatic heterocycles. The summed E-state index contributed by atoms with van der Waals surface area (Å²) in [5.41, 5.74) is -0.164. The van der Waals surface area contributed by atoms with Crippen LogP contribution in [0.25, 0.3) is 0 Å². The summed E-state index contributed by atoms with van der Waals surface area (Å²) in [5.74, 6) is -0.491. The Hall–Kier alpha value is -2.81. The smallest absolute Gasteiger partial charge is 0.366 e. The Bertz CT molecular complexity index is 973. The molecule has 0 saturated carbocycles. The molecule has 0 aliphatic carbocycles. The Morgan fingerprint density at radius 3 is 2.50 bits per heavy atom. The maximum atomic E-state index is 12.9. The fourth-order valence-electron chi connectivity index (χ4n) is 3.47. The average molecular weight is 442 g/mol. The third-order valence-electron chi connectivity index (χ3n) is 5.23. The van der Waals surface area contributed by atoms with Gasteiger partial charge in [-0.3, -0.25) is 14.9 Å². The lowest BCUT2D eigenvalue weighted by Gasteiger charge is -2.32. The van der Waals surface area contributed by atoms with Crippen molar-refractivity contribution < 1.29 is 22.9 Å². The minimum absolute atomic E-state index is 0.123. The molecule has 1 fully saturated rings. The number of alkyl halides is 3. The summed E-state index contributed by atoms with van der Waals surface area (Å²) in [4.78, 5) is 24.7. The predicted molar refractivity (Wildman–Crippen MR) is 108 cm³/mol. The number of amides is 1. The lowest BCUT2D eigenvalue weighted by atomic mass is 9.95. The highest BCUT2D eigenvalue weighted by atomic mass is 35.5. The first kappa shape index (κ1) is 21.9. The van der Waals surface area contributed by atoms with Gasteiger partial charge in [0.25, 0.3) is 5.69 Å². The molecular formula is C20H19ClF3N3O3. The van der Waals surface area contributed by atoms with Crippen LogP contribution < -0.4 is 10.2 Å². The zero-order valence-electron chi connectivity index (χ0n) is 16.0. The van der Waals surface area contributed by atoms with Gasteiger partial charge in [-0.1, -0.05) is 17.7 Å². The molecule has 160 valence electrons. The molecule has 1 saturated heterocycles. The second-order valence-electron chi connectivity index (χ2n) is 7.12. The van der Waals surface area contributed by atoms with Gasteiger partial charge in [0.1, 0.15) is 5.69 Å². The third-order valence-corrected chi connectivity index (χ3v) is 5.64. The van der Waals surface area contributed by atoms with E-state index in [2.05, 4.69) is 5.32 Å². The quantitative estimate of drug-likeness (QED) is 0.507. The van der Waals surface area contributed by atoms with Gasteiger partial charge in [-0.25, -0.2) is 0 Å². The monoisotopic (exact) mass is 441 g/mol. The van der Waals surface area contributed by atoms with Crippen molar-refractivity contribution in [1.29, 1.82) is 0 Å². The summed E-state index contributed by atoms with van der Waals surface area (Å²) in [6.07, 6.45) is -3.82. The first-order chi connectivity index (χ1) is 14.1. The van der Waals surface area contributed by atoms with Crippen molar-refractivity contribution in [3.05, 3.63) is 62.7 Å². The lowest BCUT2D eigenvalue weighted by Crippen LogP contribution is -2.38. The van der Waals surface area contributed by atoms with Crippen molar-refractivity contribution in [3.8, 4) is 0 Å². The molecule has 2 aromatic carbocycles. The summed E-state index contributed by atoms with van der Waals surface area (Å²) in [6, 6.07) is 7.72. The van der Waals surface area contributed by atoms with Crippen LogP contribution in [0.5, 0.6) is 0 Å². The molecule has 0 radical (unpaired) electrons. The second kappa shape index (κ2) is 8.51. The van der Waals surface area contributed by atoms with Gasteiger partial charge < -0.3 is 10.2 Å². The topological polar surface area (TPSA) is 75.5 Å². The highest BCUT2D eigenvalue weighted by Crippen LogP contribution is 2.38. The maximum absolute atomic E-state index is 12.9. The number of nitrogens with zero attached hydrogens (tertiary/aromatic N) is 2. The normalized spacial score (nSPS) is 15.2. The fourth-order valence-corrected chi connectivity index (χ4v) is 3.65. The summed E-state index contributed by atoms with van der Waals surface area (Å²) in [7, 11) is 0. The minimum atomic E-state index is -4.66. The third kappa shape index (κ3) is 4.67. The van der Waals surface area contributed by atoms with Crippen LogP contribution in [0.3, 0.4) is 0 Å². The number of carbonyl (C=O) groups is 1. The number of anilines is 2. The van der Waals surface area contributed by atoms with Crippen LogP contribution in [0.4, 0.5) is 30.2 Å². The number of hydrogen-bond acceptors (Lipinski definition) is 4. The number of benzene rings is 2. The molecule has 0 bridgehead atoms.